The summed E-state index contributed by atoms with van der Waals surface area (Å²) >= 11 is 12.9. The number of hydrogen-bond donors (Lipinski definition) is 2. The highest BCUT2D eigenvalue weighted by Gasteiger charge is 2.12. The van der Waals surface area contributed by atoms with E-state index in [2.05, 4.69) is 5.32 Å². The van der Waals surface area contributed by atoms with Crippen LogP contribution < -0.4 is 5.32 Å². The maximum atomic E-state index is 11.8. The first-order valence-corrected chi connectivity index (χ1v) is 7.41. The van der Waals surface area contributed by atoms with Crippen LogP contribution in [0, 0.1) is 0 Å². The van der Waals surface area contributed by atoms with Crippen molar-refractivity contribution < 1.29 is 19.1 Å². The molecule has 2 N–H and O–H groups in total. The van der Waals surface area contributed by atoms with Crippen LogP contribution in [0.3, 0.4) is 0 Å². The molecule has 8 heteroatoms. The molecule has 1 heterocycles. The SMILES string of the molecule is O=C(CSc1ccc(C(=O)O)o1)Nc1cccc(Cl)c1Cl. The normalized spacial score (nSPS) is 10.4. The first-order valence-electron chi connectivity index (χ1n) is 5.67. The van der Waals surface area contributed by atoms with Crippen LogP contribution in [0.2, 0.25) is 10.0 Å². The number of furan rings is 1. The number of rotatable bonds is 5. The van der Waals surface area contributed by atoms with Gasteiger partial charge in [0.1, 0.15) is 0 Å². The number of carbonyl (C=O) groups is 2. The van der Waals surface area contributed by atoms with Gasteiger partial charge in [0.15, 0.2) is 5.09 Å². The van der Waals surface area contributed by atoms with Crippen molar-refractivity contribution in [1.29, 1.82) is 0 Å². The minimum atomic E-state index is -1.16. The van der Waals surface area contributed by atoms with Crippen LogP contribution in [0.25, 0.3) is 0 Å². The van der Waals surface area contributed by atoms with Crippen molar-refractivity contribution in [2.75, 3.05) is 11.1 Å². The highest BCUT2D eigenvalue weighted by molar-refractivity contribution is 7.99. The van der Waals surface area contributed by atoms with Gasteiger partial charge in [-0.2, -0.15) is 0 Å². The molecule has 1 aromatic heterocycles. The predicted molar refractivity (Wildman–Crippen MR) is 81.5 cm³/mol. The Morgan fingerprint density at radius 2 is 2.00 bits per heavy atom. The van der Waals surface area contributed by atoms with E-state index in [0.29, 0.717) is 15.8 Å². The minimum absolute atomic E-state index is 0.0510. The van der Waals surface area contributed by atoms with Crippen LogP contribution in [0.4, 0.5) is 5.69 Å². The second kappa shape index (κ2) is 6.89. The first kappa shape index (κ1) is 15.8. The molecule has 0 radical (unpaired) electrons. The molecule has 0 aliphatic carbocycles. The van der Waals surface area contributed by atoms with Gasteiger partial charge < -0.3 is 14.8 Å². The number of hydrogen-bond acceptors (Lipinski definition) is 4. The number of carboxylic acid groups (broad SMARTS) is 1. The van der Waals surface area contributed by atoms with Gasteiger partial charge in [0.05, 0.1) is 21.5 Å². The third-order valence-electron chi connectivity index (χ3n) is 2.36. The lowest BCUT2D eigenvalue weighted by atomic mass is 10.3. The van der Waals surface area contributed by atoms with Crippen molar-refractivity contribution in [2.24, 2.45) is 0 Å². The van der Waals surface area contributed by atoms with Gasteiger partial charge in [0, 0.05) is 0 Å². The lowest BCUT2D eigenvalue weighted by Gasteiger charge is -2.07. The summed E-state index contributed by atoms with van der Waals surface area (Å²) < 4.78 is 5.02. The van der Waals surface area contributed by atoms with E-state index in [0.717, 1.165) is 11.8 Å². The molecule has 0 aliphatic rings. The lowest BCUT2D eigenvalue weighted by Crippen LogP contribution is -2.14. The van der Waals surface area contributed by atoms with Crippen molar-refractivity contribution >= 4 is 52.5 Å². The van der Waals surface area contributed by atoms with Crippen LogP contribution in [0.1, 0.15) is 10.6 Å². The maximum Gasteiger partial charge on any atom is 0.371 e. The number of nitrogens with one attached hydrogen (secondary N) is 1. The fourth-order valence-corrected chi connectivity index (χ4v) is 2.44. The highest BCUT2D eigenvalue weighted by Crippen LogP contribution is 2.30. The Morgan fingerprint density at radius 3 is 2.67 bits per heavy atom. The number of benzene rings is 1. The van der Waals surface area contributed by atoms with Crippen LogP contribution >= 0.6 is 35.0 Å². The quantitative estimate of drug-likeness (QED) is 0.800. The zero-order chi connectivity index (χ0) is 15.4. The molecule has 0 saturated carbocycles. The molecule has 1 amide bonds. The number of carboxylic acids is 1. The molecular weight excluding hydrogens is 337 g/mol. The third-order valence-corrected chi connectivity index (χ3v) is 4.09. The summed E-state index contributed by atoms with van der Waals surface area (Å²) in [6, 6.07) is 7.74. The summed E-state index contributed by atoms with van der Waals surface area (Å²) in [7, 11) is 0. The van der Waals surface area contributed by atoms with E-state index in [1.165, 1.54) is 12.1 Å². The smallest absolute Gasteiger partial charge is 0.371 e. The van der Waals surface area contributed by atoms with Crippen LogP contribution in [0.15, 0.2) is 39.8 Å². The molecule has 1 aromatic carbocycles. The number of anilines is 1. The largest absolute Gasteiger partial charge is 0.475 e. The van der Waals surface area contributed by atoms with Gasteiger partial charge in [-0.1, -0.05) is 41.0 Å². The fourth-order valence-electron chi connectivity index (χ4n) is 1.44. The molecule has 0 aliphatic heterocycles. The molecule has 0 atom stereocenters. The van der Waals surface area contributed by atoms with Gasteiger partial charge in [-0.25, -0.2) is 4.79 Å². The van der Waals surface area contributed by atoms with E-state index in [1.807, 2.05) is 0 Å². The standard InChI is InChI=1S/C13H9Cl2NO4S/c14-7-2-1-3-8(12(7)15)16-10(17)6-21-11-5-4-9(20-11)13(18)19/h1-5H,6H2,(H,16,17)(H,18,19). The summed E-state index contributed by atoms with van der Waals surface area (Å²) in [5.41, 5.74) is 0.417. The van der Waals surface area contributed by atoms with Crippen molar-refractivity contribution in [3.63, 3.8) is 0 Å². The highest BCUT2D eigenvalue weighted by atomic mass is 35.5. The van der Waals surface area contributed by atoms with E-state index in [4.69, 9.17) is 32.7 Å². The zero-order valence-corrected chi connectivity index (χ0v) is 12.8. The van der Waals surface area contributed by atoms with Gasteiger partial charge in [0.2, 0.25) is 11.7 Å². The van der Waals surface area contributed by atoms with E-state index in [-0.39, 0.29) is 22.4 Å². The number of aromatic carboxylic acids is 1. The number of halogens is 2. The van der Waals surface area contributed by atoms with E-state index >= 15 is 0 Å². The predicted octanol–water partition coefficient (Wildman–Crippen LogP) is 4.02. The molecule has 5 nitrogen and oxygen atoms in total. The fraction of sp³-hybridized carbons (Fsp3) is 0.0769. The maximum absolute atomic E-state index is 11.8. The van der Waals surface area contributed by atoms with Crippen molar-refractivity contribution in [2.45, 2.75) is 5.09 Å². The number of amides is 1. The minimum Gasteiger partial charge on any atom is -0.475 e. The second-order valence-corrected chi connectivity index (χ2v) is 5.63. The van der Waals surface area contributed by atoms with E-state index in [9.17, 15) is 9.59 Å². The summed E-state index contributed by atoms with van der Waals surface area (Å²) in [6.07, 6.45) is 0. The van der Waals surface area contributed by atoms with Crippen LogP contribution in [-0.2, 0) is 4.79 Å². The summed E-state index contributed by atoms with van der Waals surface area (Å²) in [5.74, 6) is -1.58. The van der Waals surface area contributed by atoms with Gasteiger partial charge in [-0.05, 0) is 24.3 Å². The van der Waals surface area contributed by atoms with Crippen molar-refractivity contribution in [3.05, 3.63) is 46.1 Å². The second-order valence-electron chi connectivity index (χ2n) is 3.86. The zero-order valence-electron chi connectivity index (χ0n) is 10.4. The summed E-state index contributed by atoms with van der Waals surface area (Å²) in [5, 5.41) is 12.3. The average Bonchev–Trinajstić information content (AvgIpc) is 2.91. The Bertz CT molecular complexity index is 687. The molecular formula is C13H9Cl2NO4S. The molecule has 0 unspecified atom stereocenters. The van der Waals surface area contributed by atoms with Gasteiger partial charge in [-0.15, -0.1) is 0 Å². The van der Waals surface area contributed by atoms with Crippen molar-refractivity contribution in [3.8, 4) is 0 Å². The molecule has 21 heavy (non-hydrogen) atoms. The lowest BCUT2D eigenvalue weighted by molar-refractivity contribution is -0.113. The molecule has 2 rings (SSSR count). The van der Waals surface area contributed by atoms with Gasteiger partial charge in [0.25, 0.3) is 0 Å². The van der Waals surface area contributed by atoms with Gasteiger partial charge in [-0.3, -0.25) is 4.79 Å². The monoisotopic (exact) mass is 345 g/mol. The Labute approximate surface area is 134 Å². The number of carbonyl (C=O) groups excluding carboxylic acids is 1. The first-order chi connectivity index (χ1) is 9.97. The van der Waals surface area contributed by atoms with E-state index < -0.39 is 5.97 Å². The Kier molecular flexibility index (Phi) is 5.17. The molecule has 110 valence electrons. The molecule has 0 fully saturated rings. The van der Waals surface area contributed by atoms with Crippen LogP contribution in [0.5, 0.6) is 0 Å². The Balaban J connectivity index is 1.92. The molecule has 0 bridgehead atoms. The Morgan fingerprint density at radius 1 is 1.24 bits per heavy atom. The third kappa shape index (κ3) is 4.17. The average molecular weight is 346 g/mol. The summed E-state index contributed by atoms with van der Waals surface area (Å²) in [4.78, 5) is 22.5. The Hall–Kier alpha value is -1.63. The topological polar surface area (TPSA) is 79.5 Å². The number of thioether (sulfide) groups is 1. The summed E-state index contributed by atoms with van der Waals surface area (Å²) in [6.45, 7) is 0. The molecule has 0 spiro atoms. The van der Waals surface area contributed by atoms with Gasteiger partial charge >= 0.3 is 5.97 Å². The van der Waals surface area contributed by atoms with Crippen molar-refractivity contribution in [1.82, 2.24) is 0 Å². The van der Waals surface area contributed by atoms with E-state index in [1.54, 1.807) is 18.2 Å². The molecule has 0 saturated heterocycles. The molecule has 2 aromatic rings. The van der Waals surface area contributed by atoms with Crippen LogP contribution in [-0.4, -0.2) is 22.7 Å².